The van der Waals surface area contributed by atoms with E-state index in [1.807, 2.05) is 0 Å². The molecule has 0 amide bonds. The van der Waals surface area contributed by atoms with Gasteiger partial charge in [-0.05, 0) is 48.0 Å². The van der Waals surface area contributed by atoms with Crippen molar-refractivity contribution in [2.24, 2.45) is 5.10 Å². The molecule has 4 aromatic carbocycles. The van der Waals surface area contributed by atoms with E-state index in [0.717, 1.165) is 23.0 Å². The van der Waals surface area contributed by atoms with E-state index < -0.39 is 27.9 Å². The summed E-state index contributed by atoms with van der Waals surface area (Å²) in [6.07, 6.45) is -3.51. The largest absolute Gasteiger partial charge is 0.481 e. The molecule has 0 N–H and O–H groups in total. The third-order valence-electron chi connectivity index (χ3n) is 6.14. The minimum absolute atomic E-state index is 0.0221. The van der Waals surface area contributed by atoms with Crippen LogP contribution < -0.4 is 10.3 Å². The van der Waals surface area contributed by atoms with Crippen LogP contribution in [0.1, 0.15) is 16.7 Å². The number of halogens is 6. The third kappa shape index (κ3) is 6.56. The van der Waals surface area contributed by atoms with Gasteiger partial charge in [-0.3, -0.25) is 14.9 Å². The van der Waals surface area contributed by atoms with E-state index in [-0.39, 0.29) is 45.2 Å². The Kier molecular flexibility index (Phi) is 8.54. The van der Waals surface area contributed by atoms with E-state index in [1.165, 1.54) is 30.3 Å². The van der Waals surface area contributed by atoms with Crippen molar-refractivity contribution in [3.8, 4) is 17.1 Å². The van der Waals surface area contributed by atoms with Crippen LogP contribution in [0.15, 0.2) is 93.2 Å². The fourth-order valence-electron chi connectivity index (χ4n) is 4.15. The Balaban J connectivity index is 1.65. The highest BCUT2D eigenvalue weighted by atomic mass is 79.9. The normalized spacial score (nSPS) is 11.8. The lowest BCUT2D eigenvalue weighted by Crippen LogP contribution is -2.20. The zero-order valence-electron chi connectivity index (χ0n) is 21.5. The Bertz CT molecular complexity index is 1980. The monoisotopic (exact) mass is 690 g/mol. The molecule has 8 nitrogen and oxygen atoms in total. The Labute approximate surface area is 259 Å². The molecule has 5 aromatic rings. The van der Waals surface area contributed by atoms with Crippen LogP contribution in [-0.4, -0.2) is 20.8 Å². The van der Waals surface area contributed by atoms with E-state index in [0.29, 0.717) is 15.1 Å². The summed E-state index contributed by atoms with van der Waals surface area (Å²) in [7, 11) is 0. The molecule has 14 heteroatoms. The predicted octanol–water partition coefficient (Wildman–Crippen LogP) is 8.52. The van der Waals surface area contributed by atoms with Crippen molar-refractivity contribution in [3.05, 3.63) is 131 Å². The summed E-state index contributed by atoms with van der Waals surface area (Å²) in [4.78, 5) is 29.2. The van der Waals surface area contributed by atoms with Gasteiger partial charge in [0.2, 0.25) is 5.75 Å². The molecule has 0 aliphatic carbocycles. The van der Waals surface area contributed by atoms with Gasteiger partial charge in [-0.1, -0.05) is 69.5 Å². The fraction of sp³-hybridized carbons (Fsp3) is 0.0690. The molecule has 0 aliphatic heterocycles. The molecular formula is C29H16BrCl2F3N4O4. The van der Waals surface area contributed by atoms with Crippen molar-refractivity contribution >= 4 is 61.9 Å². The maximum absolute atomic E-state index is 13.5. The molecule has 0 fully saturated rings. The Morgan fingerprint density at radius 2 is 1.79 bits per heavy atom. The summed E-state index contributed by atoms with van der Waals surface area (Å²) in [5.41, 5.74) is -1.13. The minimum atomic E-state index is -4.64. The molecule has 5 rings (SSSR count). The van der Waals surface area contributed by atoms with E-state index in [1.54, 1.807) is 36.4 Å². The van der Waals surface area contributed by atoms with Gasteiger partial charge in [0.25, 0.3) is 5.56 Å². The summed E-state index contributed by atoms with van der Waals surface area (Å²) in [6, 6.07) is 18.1. The van der Waals surface area contributed by atoms with Crippen molar-refractivity contribution in [2.75, 3.05) is 0 Å². The summed E-state index contributed by atoms with van der Waals surface area (Å²) >= 11 is 15.3. The van der Waals surface area contributed by atoms with Crippen molar-refractivity contribution in [1.82, 2.24) is 9.66 Å². The molecule has 0 spiro atoms. The molecule has 0 saturated carbocycles. The molecule has 218 valence electrons. The van der Waals surface area contributed by atoms with E-state index in [2.05, 4.69) is 26.0 Å². The molecule has 1 aromatic heterocycles. The maximum Gasteiger partial charge on any atom is 0.416 e. The van der Waals surface area contributed by atoms with Gasteiger partial charge in [0.1, 0.15) is 6.61 Å². The Morgan fingerprint density at radius 3 is 2.51 bits per heavy atom. The van der Waals surface area contributed by atoms with Gasteiger partial charge in [0, 0.05) is 21.7 Å². The van der Waals surface area contributed by atoms with Crippen molar-refractivity contribution < 1.29 is 22.8 Å². The first-order valence-electron chi connectivity index (χ1n) is 12.2. The molecule has 0 aliphatic rings. The summed E-state index contributed by atoms with van der Waals surface area (Å²) in [5, 5.41) is 16.9. The third-order valence-corrected chi connectivity index (χ3v) is 7.34. The number of hydrogen-bond donors (Lipinski definition) is 0. The number of hydrogen-bond acceptors (Lipinski definition) is 6. The predicted molar refractivity (Wildman–Crippen MR) is 161 cm³/mol. The molecule has 0 atom stereocenters. The van der Waals surface area contributed by atoms with Crippen LogP contribution >= 0.6 is 39.1 Å². The van der Waals surface area contributed by atoms with Gasteiger partial charge < -0.3 is 4.74 Å². The zero-order chi connectivity index (χ0) is 30.9. The van der Waals surface area contributed by atoms with Gasteiger partial charge in [-0.15, -0.1) is 0 Å². The van der Waals surface area contributed by atoms with E-state index in [4.69, 9.17) is 27.9 Å². The van der Waals surface area contributed by atoms with Crippen molar-refractivity contribution in [1.29, 1.82) is 0 Å². The van der Waals surface area contributed by atoms with Crippen molar-refractivity contribution in [3.63, 3.8) is 0 Å². The second-order valence-electron chi connectivity index (χ2n) is 9.03. The maximum atomic E-state index is 13.5. The number of nitrogens with zero attached hydrogens (tertiary/aromatic N) is 4. The summed E-state index contributed by atoms with van der Waals surface area (Å²) in [6.45, 7) is -0.132. The number of benzene rings is 4. The molecule has 43 heavy (non-hydrogen) atoms. The van der Waals surface area contributed by atoms with Crippen LogP contribution in [0, 0.1) is 10.1 Å². The quantitative estimate of drug-likeness (QED) is 0.0968. The molecular weight excluding hydrogens is 676 g/mol. The van der Waals surface area contributed by atoms with Gasteiger partial charge in [-0.25, -0.2) is 4.98 Å². The van der Waals surface area contributed by atoms with Crippen LogP contribution in [-0.2, 0) is 12.8 Å². The van der Waals surface area contributed by atoms with Gasteiger partial charge >= 0.3 is 11.9 Å². The molecule has 0 bridgehead atoms. The number of rotatable bonds is 7. The highest BCUT2D eigenvalue weighted by Crippen LogP contribution is 2.35. The number of aromatic nitrogens is 2. The van der Waals surface area contributed by atoms with Crippen molar-refractivity contribution in [2.45, 2.75) is 12.8 Å². The Hall–Kier alpha value is -4.26. The smallest absolute Gasteiger partial charge is 0.416 e. The van der Waals surface area contributed by atoms with Crippen LogP contribution in [0.3, 0.4) is 0 Å². The number of ether oxygens (including phenoxy) is 1. The van der Waals surface area contributed by atoms with Gasteiger partial charge in [-0.2, -0.15) is 22.9 Å². The number of nitro benzene ring substituents is 1. The zero-order valence-corrected chi connectivity index (χ0v) is 24.6. The number of alkyl halides is 3. The second kappa shape index (κ2) is 12.2. The molecule has 0 saturated heterocycles. The average molecular weight is 692 g/mol. The standard InChI is InChI=1S/C29H16BrCl2F3N4O4/c30-20-12-18(26(25(13-20)39(41)42)43-15-16-8-9-22(31)23(32)10-16)14-36-38-27(17-4-3-5-19(11-17)29(33,34)35)37-24-7-2-1-6-21(24)28(38)40/h1-14H,15H2. The number of nitro groups is 1. The highest BCUT2D eigenvalue weighted by molar-refractivity contribution is 9.10. The van der Waals surface area contributed by atoms with Gasteiger partial charge in [0.15, 0.2) is 5.82 Å². The summed E-state index contributed by atoms with van der Waals surface area (Å²) in [5.74, 6) is -0.348. The second-order valence-corrected chi connectivity index (χ2v) is 10.8. The topological polar surface area (TPSA) is 99.6 Å². The first-order chi connectivity index (χ1) is 20.4. The number of para-hydroxylation sites is 1. The fourth-order valence-corrected chi connectivity index (χ4v) is 4.93. The highest BCUT2D eigenvalue weighted by Gasteiger charge is 2.31. The minimum Gasteiger partial charge on any atom is -0.481 e. The van der Waals surface area contributed by atoms with E-state index in [9.17, 15) is 28.1 Å². The van der Waals surface area contributed by atoms with E-state index >= 15 is 0 Å². The van der Waals surface area contributed by atoms with Crippen LogP contribution in [0.5, 0.6) is 5.75 Å². The molecule has 0 radical (unpaired) electrons. The van der Waals surface area contributed by atoms with Crippen LogP contribution in [0.4, 0.5) is 18.9 Å². The lowest BCUT2D eigenvalue weighted by atomic mass is 10.1. The Morgan fingerprint density at radius 1 is 1.02 bits per heavy atom. The average Bonchev–Trinajstić information content (AvgIpc) is 2.97. The first kappa shape index (κ1) is 30.2. The lowest BCUT2D eigenvalue weighted by molar-refractivity contribution is -0.386. The summed E-state index contributed by atoms with van der Waals surface area (Å²) < 4.78 is 47.5. The van der Waals surface area contributed by atoms with Gasteiger partial charge in [0.05, 0.1) is 37.6 Å². The molecule has 1 heterocycles. The lowest BCUT2D eigenvalue weighted by Gasteiger charge is -2.13. The number of fused-ring (bicyclic) bond motifs is 1. The first-order valence-corrected chi connectivity index (χ1v) is 13.8. The molecule has 0 unspecified atom stereocenters. The van der Waals surface area contributed by atoms with Crippen LogP contribution in [0.2, 0.25) is 10.0 Å². The van der Waals surface area contributed by atoms with Crippen LogP contribution in [0.25, 0.3) is 22.3 Å². The SMILES string of the molecule is O=c1c2ccccc2nc(-c2cccc(C(F)(F)F)c2)n1N=Cc1cc(Br)cc([N+](=O)[O-])c1OCc1ccc(Cl)c(Cl)c1.